The molecule has 2 rings (SSSR count). The van der Waals surface area contributed by atoms with E-state index in [1.165, 1.54) is 18.2 Å². The van der Waals surface area contributed by atoms with Crippen LogP contribution in [0.25, 0.3) is 0 Å². The van der Waals surface area contributed by atoms with Gasteiger partial charge in [0.2, 0.25) is 3.79 Å². The van der Waals surface area contributed by atoms with Gasteiger partial charge in [0.05, 0.1) is 20.7 Å². The largest absolute Gasteiger partial charge is 0.339 e. The lowest BCUT2D eigenvalue weighted by atomic mass is 10.2. The molecule has 0 bridgehead atoms. The third-order valence-corrected chi connectivity index (χ3v) is 4.90. The molecule has 0 aliphatic carbocycles. The predicted molar refractivity (Wildman–Crippen MR) is 120 cm³/mol. The lowest BCUT2D eigenvalue weighted by molar-refractivity contribution is -0.384. The van der Waals surface area contributed by atoms with Gasteiger partial charge in [0.1, 0.15) is 6.17 Å². The highest BCUT2D eigenvalue weighted by atomic mass is 35.6. The topological polar surface area (TPSA) is 96.3 Å². The van der Waals surface area contributed by atoms with E-state index in [0.717, 1.165) is 6.07 Å². The van der Waals surface area contributed by atoms with Crippen molar-refractivity contribution in [3.63, 3.8) is 0 Å². The standard InChI is InChI=1S/C16H11Cl5N4O3S/c17-10-5-2-6-11(18)12(10)22-15(29)24-14(16(19,20)21)23-13(26)8-3-1-4-9(7-8)25(27)28/h1-7,14H,(H,23,26)(H2,22,24,29)/t14-/m0/s1. The van der Waals surface area contributed by atoms with Crippen molar-refractivity contribution in [2.24, 2.45) is 0 Å². The first-order valence-corrected chi connectivity index (χ1v) is 9.92. The maximum Gasteiger partial charge on any atom is 0.270 e. The third kappa shape index (κ3) is 6.74. The van der Waals surface area contributed by atoms with Crippen molar-refractivity contribution in [2.45, 2.75) is 9.96 Å². The number of nitrogens with zero attached hydrogens (tertiary/aromatic N) is 1. The molecule has 0 saturated heterocycles. The number of thiocarbonyl (C=S) groups is 1. The molecule has 2 aromatic rings. The minimum absolute atomic E-state index is 0.00623. The summed E-state index contributed by atoms with van der Waals surface area (Å²) in [5.74, 6) is -0.726. The van der Waals surface area contributed by atoms with Crippen LogP contribution in [0.3, 0.4) is 0 Å². The highest BCUT2D eigenvalue weighted by Gasteiger charge is 2.35. The van der Waals surface area contributed by atoms with E-state index in [1.807, 2.05) is 0 Å². The van der Waals surface area contributed by atoms with Crippen LogP contribution in [0.5, 0.6) is 0 Å². The molecule has 29 heavy (non-hydrogen) atoms. The van der Waals surface area contributed by atoms with E-state index in [0.29, 0.717) is 15.7 Å². The fourth-order valence-corrected chi connectivity index (χ4v) is 3.11. The smallest absolute Gasteiger partial charge is 0.270 e. The van der Waals surface area contributed by atoms with Crippen LogP contribution in [0.4, 0.5) is 11.4 Å². The summed E-state index contributed by atoms with van der Waals surface area (Å²) >= 11 is 35.1. The molecule has 0 aromatic heterocycles. The fourth-order valence-electron chi connectivity index (χ4n) is 2.07. The molecule has 0 aliphatic heterocycles. The number of benzene rings is 2. The molecule has 0 fully saturated rings. The lowest BCUT2D eigenvalue weighted by Gasteiger charge is -2.28. The number of para-hydroxylation sites is 1. The molecule has 154 valence electrons. The number of non-ortho nitro benzene ring substituents is 1. The second-order valence-electron chi connectivity index (χ2n) is 5.45. The van der Waals surface area contributed by atoms with Gasteiger partial charge < -0.3 is 16.0 Å². The molecular weight excluding hydrogens is 506 g/mol. The lowest BCUT2D eigenvalue weighted by Crippen LogP contribution is -2.56. The number of alkyl halides is 3. The molecule has 1 amide bonds. The summed E-state index contributed by atoms with van der Waals surface area (Å²) in [7, 11) is 0. The molecule has 0 heterocycles. The van der Waals surface area contributed by atoms with Gasteiger partial charge in [0.15, 0.2) is 5.11 Å². The zero-order valence-corrected chi connectivity index (χ0v) is 18.7. The average molecular weight is 517 g/mol. The van der Waals surface area contributed by atoms with Crippen LogP contribution in [-0.2, 0) is 0 Å². The SMILES string of the molecule is O=C(N[C@@H](NC(=S)Nc1c(Cl)cccc1Cl)C(Cl)(Cl)Cl)c1cccc([N+](=O)[O-])c1. The van der Waals surface area contributed by atoms with Gasteiger partial charge in [-0.3, -0.25) is 14.9 Å². The van der Waals surface area contributed by atoms with Crippen LogP contribution in [0.1, 0.15) is 10.4 Å². The second kappa shape index (κ2) is 9.97. The summed E-state index contributed by atoms with van der Waals surface area (Å²) in [6.45, 7) is 0. The van der Waals surface area contributed by atoms with E-state index < -0.39 is 20.8 Å². The van der Waals surface area contributed by atoms with Gasteiger partial charge in [-0.2, -0.15) is 0 Å². The number of nitro groups is 1. The average Bonchev–Trinajstić information content (AvgIpc) is 2.63. The predicted octanol–water partition coefficient (Wildman–Crippen LogP) is 5.31. The van der Waals surface area contributed by atoms with Crippen molar-refractivity contribution in [3.05, 3.63) is 68.2 Å². The third-order valence-electron chi connectivity index (χ3n) is 3.40. The first-order chi connectivity index (χ1) is 13.5. The minimum Gasteiger partial charge on any atom is -0.339 e. The Morgan fingerprint density at radius 1 is 1.07 bits per heavy atom. The maximum atomic E-state index is 12.5. The normalized spacial score (nSPS) is 12.0. The molecule has 0 saturated carbocycles. The molecule has 0 aliphatic rings. The number of halogens is 5. The first-order valence-electron chi connectivity index (χ1n) is 7.62. The van der Waals surface area contributed by atoms with Crippen molar-refractivity contribution in [2.75, 3.05) is 5.32 Å². The Balaban J connectivity index is 2.16. The molecule has 0 radical (unpaired) electrons. The van der Waals surface area contributed by atoms with Gasteiger partial charge in [0, 0.05) is 17.7 Å². The number of anilines is 1. The van der Waals surface area contributed by atoms with Crippen molar-refractivity contribution in [1.82, 2.24) is 10.6 Å². The summed E-state index contributed by atoms with van der Waals surface area (Å²) in [5.41, 5.74) is 0.0521. The molecule has 1 atom stereocenters. The zero-order valence-electron chi connectivity index (χ0n) is 14.1. The highest BCUT2D eigenvalue weighted by molar-refractivity contribution is 7.80. The van der Waals surface area contributed by atoms with E-state index in [9.17, 15) is 14.9 Å². The molecule has 0 spiro atoms. The monoisotopic (exact) mass is 514 g/mol. The summed E-state index contributed by atoms with van der Waals surface area (Å²) in [4.78, 5) is 22.7. The second-order valence-corrected chi connectivity index (χ2v) is 9.04. The van der Waals surface area contributed by atoms with Gasteiger partial charge >= 0.3 is 0 Å². The number of nitrogens with one attached hydrogen (secondary N) is 3. The van der Waals surface area contributed by atoms with E-state index in [-0.39, 0.29) is 16.4 Å². The van der Waals surface area contributed by atoms with Crippen LogP contribution >= 0.6 is 70.2 Å². The number of carbonyl (C=O) groups excluding carboxylic acids is 1. The van der Waals surface area contributed by atoms with Crippen LogP contribution < -0.4 is 16.0 Å². The zero-order chi connectivity index (χ0) is 21.8. The van der Waals surface area contributed by atoms with Crippen molar-refractivity contribution in [1.29, 1.82) is 0 Å². The molecule has 0 unspecified atom stereocenters. The molecular formula is C16H11Cl5N4O3S. The summed E-state index contributed by atoms with van der Waals surface area (Å²) in [6, 6.07) is 9.90. The maximum absolute atomic E-state index is 12.5. The highest BCUT2D eigenvalue weighted by Crippen LogP contribution is 2.31. The Morgan fingerprint density at radius 2 is 1.66 bits per heavy atom. The molecule has 3 N–H and O–H groups in total. The number of hydrogen-bond donors (Lipinski definition) is 3. The van der Waals surface area contributed by atoms with E-state index in [2.05, 4.69) is 16.0 Å². The molecule has 2 aromatic carbocycles. The summed E-state index contributed by atoms with van der Waals surface area (Å²) < 4.78 is -2.02. The fraction of sp³-hybridized carbons (Fsp3) is 0.125. The Bertz CT molecular complexity index is 934. The Hall–Kier alpha value is -1.55. The summed E-state index contributed by atoms with van der Waals surface area (Å²) in [5, 5.41) is 19.3. The van der Waals surface area contributed by atoms with Crippen molar-refractivity contribution < 1.29 is 9.72 Å². The van der Waals surface area contributed by atoms with Gasteiger partial charge in [-0.25, -0.2) is 0 Å². The van der Waals surface area contributed by atoms with Gasteiger partial charge in [-0.15, -0.1) is 0 Å². The van der Waals surface area contributed by atoms with Crippen LogP contribution in [0, 0.1) is 10.1 Å². The number of rotatable bonds is 5. The Kier molecular flexibility index (Phi) is 8.16. The van der Waals surface area contributed by atoms with Gasteiger partial charge in [-0.1, -0.05) is 70.1 Å². The summed E-state index contributed by atoms with van der Waals surface area (Å²) in [6.07, 6.45) is -1.29. The Morgan fingerprint density at radius 3 is 2.21 bits per heavy atom. The first kappa shape index (κ1) is 23.7. The molecule has 7 nitrogen and oxygen atoms in total. The van der Waals surface area contributed by atoms with Crippen LogP contribution in [0.2, 0.25) is 10.0 Å². The van der Waals surface area contributed by atoms with Crippen LogP contribution in [0.15, 0.2) is 42.5 Å². The van der Waals surface area contributed by atoms with Crippen molar-refractivity contribution >= 4 is 92.6 Å². The van der Waals surface area contributed by atoms with E-state index in [1.54, 1.807) is 18.2 Å². The number of amides is 1. The van der Waals surface area contributed by atoms with Crippen molar-refractivity contribution in [3.8, 4) is 0 Å². The molecule has 13 heteroatoms. The minimum atomic E-state index is -2.02. The van der Waals surface area contributed by atoms with Crippen LogP contribution in [-0.4, -0.2) is 25.9 Å². The van der Waals surface area contributed by atoms with E-state index >= 15 is 0 Å². The number of hydrogen-bond acceptors (Lipinski definition) is 4. The Labute approximate surface area is 195 Å². The van der Waals surface area contributed by atoms with Gasteiger partial charge in [0.25, 0.3) is 11.6 Å². The van der Waals surface area contributed by atoms with Gasteiger partial charge in [-0.05, 0) is 30.4 Å². The quantitative estimate of drug-likeness (QED) is 0.164. The number of nitro benzene ring substituents is 1. The van der Waals surface area contributed by atoms with E-state index in [4.69, 9.17) is 70.2 Å². The number of carbonyl (C=O) groups is 1.